The topological polar surface area (TPSA) is 49.4 Å². The van der Waals surface area contributed by atoms with Crippen molar-refractivity contribution in [2.75, 3.05) is 13.1 Å². The fourth-order valence-electron chi connectivity index (χ4n) is 4.88. The Morgan fingerprint density at radius 2 is 1.26 bits per heavy atom. The highest BCUT2D eigenvalue weighted by Crippen LogP contribution is 2.28. The first-order valence-corrected chi connectivity index (χ1v) is 11.9. The first-order chi connectivity index (χ1) is 16.7. The lowest BCUT2D eigenvalue weighted by Crippen LogP contribution is -2.47. The number of nitrogens with one attached hydrogen (secondary N) is 1. The van der Waals surface area contributed by atoms with Crippen LogP contribution in [0.1, 0.15) is 40.2 Å². The van der Waals surface area contributed by atoms with E-state index >= 15 is 0 Å². The summed E-state index contributed by atoms with van der Waals surface area (Å²) in [6.45, 7) is 1.27. The molecule has 1 heterocycles. The average Bonchev–Trinajstić information content (AvgIpc) is 2.90. The van der Waals surface area contributed by atoms with Crippen molar-refractivity contribution in [1.82, 2.24) is 10.2 Å². The van der Waals surface area contributed by atoms with Crippen LogP contribution in [0.3, 0.4) is 0 Å². The third-order valence-electron chi connectivity index (χ3n) is 6.69. The minimum Gasteiger partial charge on any atom is -0.349 e. The largest absolute Gasteiger partial charge is 0.349 e. The minimum atomic E-state index is -0.316. The summed E-state index contributed by atoms with van der Waals surface area (Å²) in [5.74, 6) is -0.242. The summed E-state index contributed by atoms with van der Waals surface area (Å²) in [4.78, 5) is 28.6. The van der Waals surface area contributed by atoms with Gasteiger partial charge in [-0.3, -0.25) is 9.59 Å². The molecule has 2 amide bonds. The zero-order chi connectivity index (χ0) is 23.3. The van der Waals surface area contributed by atoms with Crippen molar-refractivity contribution in [2.45, 2.75) is 24.8 Å². The molecule has 0 radical (unpaired) electrons. The number of rotatable bonds is 5. The molecule has 0 unspecified atom stereocenters. The van der Waals surface area contributed by atoms with Crippen molar-refractivity contribution < 1.29 is 9.59 Å². The summed E-state index contributed by atoms with van der Waals surface area (Å²) in [7, 11) is 0. The fourth-order valence-corrected chi connectivity index (χ4v) is 4.88. The summed E-state index contributed by atoms with van der Waals surface area (Å²) in [6, 6.07) is 33.8. The van der Waals surface area contributed by atoms with Crippen LogP contribution in [0.2, 0.25) is 0 Å². The number of nitrogens with zero attached hydrogens (tertiary/aromatic N) is 1. The van der Waals surface area contributed by atoms with E-state index in [1.807, 2.05) is 108 Å². The molecule has 4 nitrogen and oxygen atoms in total. The highest BCUT2D eigenvalue weighted by atomic mass is 16.2. The predicted octanol–water partition coefficient (Wildman–Crippen LogP) is 5.39. The van der Waals surface area contributed by atoms with Gasteiger partial charge in [-0.1, -0.05) is 97.1 Å². The van der Waals surface area contributed by atoms with Crippen molar-refractivity contribution >= 4 is 22.6 Å². The van der Waals surface area contributed by atoms with Crippen LogP contribution in [0.15, 0.2) is 103 Å². The van der Waals surface area contributed by atoms with Gasteiger partial charge in [-0.2, -0.15) is 0 Å². The maximum atomic E-state index is 13.6. The van der Waals surface area contributed by atoms with Gasteiger partial charge in [0.25, 0.3) is 5.91 Å². The second-order valence-electron chi connectivity index (χ2n) is 8.85. The van der Waals surface area contributed by atoms with Gasteiger partial charge in [0.2, 0.25) is 5.91 Å². The van der Waals surface area contributed by atoms with Crippen LogP contribution in [0.25, 0.3) is 10.8 Å². The Morgan fingerprint density at radius 3 is 1.91 bits per heavy atom. The van der Waals surface area contributed by atoms with Gasteiger partial charge >= 0.3 is 0 Å². The molecule has 0 spiro atoms. The van der Waals surface area contributed by atoms with Crippen LogP contribution in [-0.2, 0) is 4.79 Å². The Labute approximate surface area is 200 Å². The van der Waals surface area contributed by atoms with Crippen molar-refractivity contribution in [3.8, 4) is 0 Å². The molecule has 1 fully saturated rings. The smallest absolute Gasteiger partial charge is 0.252 e. The highest BCUT2D eigenvalue weighted by molar-refractivity contribution is 6.07. The maximum Gasteiger partial charge on any atom is 0.252 e. The van der Waals surface area contributed by atoms with Crippen molar-refractivity contribution in [2.24, 2.45) is 0 Å². The van der Waals surface area contributed by atoms with Gasteiger partial charge in [0.1, 0.15) is 0 Å². The molecule has 34 heavy (non-hydrogen) atoms. The number of hydrogen-bond donors (Lipinski definition) is 1. The van der Waals surface area contributed by atoms with Gasteiger partial charge in [-0.25, -0.2) is 0 Å². The van der Waals surface area contributed by atoms with Crippen LogP contribution in [0.4, 0.5) is 0 Å². The van der Waals surface area contributed by atoms with Crippen molar-refractivity contribution in [3.63, 3.8) is 0 Å². The molecule has 1 aliphatic heterocycles. The second kappa shape index (κ2) is 9.92. The van der Waals surface area contributed by atoms with E-state index in [4.69, 9.17) is 0 Å². The molecule has 0 aromatic heterocycles. The SMILES string of the molecule is O=C(NC1CCN(C(=O)C(c2ccccc2)c2ccccc2)CC1)c1cccc2ccccc12. The number of hydrogen-bond acceptors (Lipinski definition) is 2. The molecule has 0 atom stereocenters. The Morgan fingerprint density at radius 1 is 0.706 bits per heavy atom. The second-order valence-corrected chi connectivity index (χ2v) is 8.85. The quantitative estimate of drug-likeness (QED) is 0.445. The number of fused-ring (bicyclic) bond motifs is 1. The summed E-state index contributed by atoms with van der Waals surface area (Å²) in [6.07, 6.45) is 1.50. The standard InChI is InChI=1S/C30H28N2O2/c33-29(27-17-9-15-22-10-7-8-16-26(22)27)31-25-18-20-32(21-19-25)30(34)28(23-11-3-1-4-12-23)24-13-5-2-6-14-24/h1-17,25,28H,18-21H2,(H,31,33). The van der Waals surface area contributed by atoms with Crippen LogP contribution in [-0.4, -0.2) is 35.8 Å². The number of carbonyl (C=O) groups excluding carboxylic acids is 2. The van der Waals surface area contributed by atoms with Crippen LogP contribution >= 0.6 is 0 Å². The van der Waals surface area contributed by atoms with E-state index in [0.717, 1.165) is 34.7 Å². The van der Waals surface area contributed by atoms with E-state index < -0.39 is 0 Å². The molecule has 4 aromatic rings. The first-order valence-electron chi connectivity index (χ1n) is 11.9. The zero-order valence-electron chi connectivity index (χ0n) is 19.1. The van der Waals surface area contributed by atoms with E-state index in [-0.39, 0.29) is 23.8 Å². The number of piperidine rings is 1. The van der Waals surface area contributed by atoms with Crippen LogP contribution in [0.5, 0.6) is 0 Å². The van der Waals surface area contributed by atoms with Crippen molar-refractivity contribution in [1.29, 1.82) is 0 Å². The maximum absolute atomic E-state index is 13.6. The molecule has 1 saturated heterocycles. The molecule has 4 aromatic carbocycles. The van der Waals surface area contributed by atoms with Crippen LogP contribution in [0, 0.1) is 0 Å². The fraction of sp³-hybridized carbons (Fsp3) is 0.200. The summed E-state index contributed by atoms with van der Waals surface area (Å²) < 4.78 is 0. The van der Waals surface area contributed by atoms with Gasteiger partial charge in [0, 0.05) is 24.7 Å². The molecule has 5 rings (SSSR count). The van der Waals surface area contributed by atoms with E-state index in [9.17, 15) is 9.59 Å². The monoisotopic (exact) mass is 448 g/mol. The van der Waals surface area contributed by atoms with Gasteiger partial charge in [0.15, 0.2) is 0 Å². The molecular weight excluding hydrogens is 420 g/mol. The third kappa shape index (κ3) is 4.58. The van der Waals surface area contributed by atoms with E-state index in [0.29, 0.717) is 18.7 Å². The third-order valence-corrected chi connectivity index (χ3v) is 6.69. The van der Waals surface area contributed by atoms with E-state index in [1.165, 1.54) is 0 Å². The lowest BCUT2D eigenvalue weighted by Gasteiger charge is -2.35. The Hall–Kier alpha value is -3.92. The normalized spacial score (nSPS) is 14.3. The van der Waals surface area contributed by atoms with Gasteiger partial charge in [-0.15, -0.1) is 0 Å². The molecule has 170 valence electrons. The Kier molecular flexibility index (Phi) is 6.39. The number of benzene rings is 4. The lowest BCUT2D eigenvalue weighted by atomic mass is 9.89. The molecule has 0 aliphatic carbocycles. The number of amides is 2. The number of carbonyl (C=O) groups is 2. The molecule has 0 bridgehead atoms. The van der Waals surface area contributed by atoms with Gasteiger partial charge in [-0.05, 0) is 40.8 Å². The Bertz CT molecular complexity index is 1230. The van der Waals surface area contributed by atoms with Crippen molar-refractivity contribution in [3.05, 3.63) is 120 Å². The summed E-state index contributed by atoms with van der Waals surface area (Å²) >= 11 is 0. The average molecular weight is 449 g/mol. The van der Waals surface area contributed by atoms with Gasteiger partial charge in [0.05, 0.1) is 5.92 Å². The zero-order valence-corrected chi connectivity index (χ0v) is 19.1. The number of likely N-dealkylation sites (tertiary alicyclic amines) is 1. The lowest BCUT2D eigenvalue weighted by molar-refractivity contribution is -0.132. The minimum absolute atomic E-state index is 0.0481. The van der Waals surface area contributed by atoms with Crippen LogP contribution < -0.4 is 5.32 Å². The Balaban J connectivity index is 1.27. The van der Waals surface area contributed by atoms with E-state index in [1.54, 1.807) is 0 Å². The first kappa shape index (κ1) is 21.9. The van der Waals surface area contributed by atoms with E-state index in [2.05, 4.69) is 5.32 Å². The molecule has 1 aliphatic rings. The summed E-state index contributed by atoms with van der Waals surface area (Å²) in [5, 5.41) is 5.22. The van der Waals surface area contributed by atoms with Gasteiger partial charge < -0.3 is 10.2 Å². The predicted molar refractivity (Wildman–Crippen MR) is 136 cm³/mol. The molecule has 1 N–H and O–H groups in total. The highest BCUT2D eigenvalue weighted by Gasteiger charge is 2.31. The molecular formula is C30H28N2O2. The summed E-state index contributed by atoms with van der Waals surface area (Å²) in [5.41, 5.74) is 2.71. The molecule has 0 saturated carbocycles. The molecule has 4 heteroatoms.